The van der Waals surface area contributed by atoms with Crippen LogP contribution in [0.2, 0.25) is 0 Å². The van der Waals surface area contributed by atoms with E-state index in [9.17, 15) is 4.79 Å². The summed E-state index contributed by atoms with van der Waals surface area (Å²) in [6.45, 7) is 4.31. The highest BCUT2D eigenvalue weighted by Crippen LogP contribution is 2.19. The third kappa shape index (κ3) is 4.99. The summed E-state index contributed by atoms with van der Waals surface area (Å²) in [5, 5.41) is 6.84. The number of hydrogen-bond donors (Lipinski definition) is 1. The topological polar surface area (TPSA) is 71.3 Å². The number of aryl methyl sites for hydroxylation is 2. The lowest BCUT2D eigenvalue weighted by Gasteiger charge is -2.12. The smallest absolute Gasteiger partial charge is 0.230 e. The molecule has 1 N–H and O–H groups in total. The van der Waals surface area contributed by atoms with E-state index in [-0.39, 0.29) is 5.91 Å². The van der Waals surface area contributed by atoms with Gasteiger partial charge in [0.05, 0.1) is 11.4 Å². The molecule has 2 aromatic heterocycles. The second kappa shape index (κ2) is 8.01. The third-order valence-corrected chi connectivity index (χ3v) is 4.38. The van der Waals surface area contributed by atoms with Crippen LogP contribution in [-0.2, 0) is 17.1 Å². The van der Waals surface area contributed by atoms with Crippen LogP contribution in [0.3, 0.4) is 0 Å². The Balaban J connectivity index is 1.76. The van der Waals surface area contributed by atoms with Crippen molar-refractivity contribution < 1.29 is 9.32 Å². The second-order valence-corrected chi connectivity index (χ2v) is 6.47. The number of anilines is 1. The minimum Gasteiger partial charge on any atom is -0.363 e. The molecule has 0 unspecified atom stereocenters. The minimum atomic E-state index is 0.0185. The highest BCUT2D eigenvalue weighted by atomic mass is 32.2. The van der Waals surface area contributed by atoms with Crippen LogP contribution >= 0.6 is 11.8 Å². The van der Waals surface area contributed by atoms with Gasteiger partial charge in [-0.05, 0) is 31.5 Å². The van der Waals surface area contributed by atoms with E-state index in [2.05, 4.69) is 15.5 Å². The lowest BCUT2D eigenvalue weighted by Crippen LogP contribution is -2.24. The molecule has 0 saturated carbocycles. The van der Waals surface area contributed by atoms with Gasteiger partial charge in [0.1, 0.15) is 11.6 Å². The Labute approximate surface area is 140 Å². The summed E-state index contributed by atoms with van der Waals surface area (Å²) in [5.74, 6) is 2.86. The summed E-state index contributed by atoms with van der Waals surface area (Å²) >= 11 is 1.56. The molecule has 0 aliphatic rings. The Morgan fingerprint density at radius 2 is 2.17 bits per heavy atom. The van der Waals surface area contributed by atoms with Gasteiger partial charge in [-0.2, -0.15) is 0 Å². The highest BCUT2D eigenvalue weighted by Gasteiger charge is 2.10. The van der Waals surface area contributed by atoms with E-state index in [1.54, 1.807) is 18.0 Å². The number of carbonyl (C=O) groups is 1. The normalized spacial score (nSPS) is 10.6. The molecule has 124 valence electrons. The van der Waals surface area contributed by atoms with Gasteiger partial charge in [0.15, 0.2) is 0 Å². The Bertz CT molecular complexity index is 650. The number of thioether (sulfide) groups is 1. The predicted molar refractivity (Wildman–Crippen MR) is 92.5 cm³/mol. The van der Waals surface area contributed by atoms with Gasteiger partial charge in [-0.25, -0.2) is 4.98 Å². The quantitative estimate of drug-likeness (QED) is 0.838. The number of aromatic nitrogens is 2. The van der Waals surface area contributed by atoms with Crippen LogP contribution in [-0.4, -0.2) is 35.9 Å². The average Bonchev–Trinajstić information content (AvgIpc) is 2.85. The molecule has 2 rings (SSSR count). The SMILES string of the molecule is Cc1noc(C)c1CSCC(=O)NCc1ccnc(N(C)C)c1. The molecule has 0 spiro atoms. The average molecular weight is 334 g/mol. The number of rotatable bonds is 7. The second-order valence-electron chi connectivity index (χ2n) is 5.49. The molecule has 0 aliphatic carbocycles. The van der Waals surface area contributed by atoms with Gasteiger partial charge in [-0.3, -0.25) is 4.79 Å². The summed E-state index contributed by atoms with van der Waals surface area (Å²) in [4.78, 5) is 18.1. The van der Waals surface area contributed by atoms with Crippen molar-refractivity contribution in [2.45, 2.75) is 26.1 Å². The molecule has 23 heavy (non-hydrogen) atoms. The molecular formula is C16H22N4O2S. The van der Waals surface area contributed by atoms with E-state index in [0.717, 1.165) is 34.2 Å². The Morgan fingerprint density at radius 3 is 2.83 bits per heavy atom. The molecule has 0 aromatic carbocycles. The van der Waals surface area contributed by atoms with E-state index < -0.39 is 0 Å². The van der Waals surface area contributed by atoms with Crippen molar-refractivity contribution in [3.05, 3.63) is 40.9 Å². The van der Waals surface area contributed by atoms with Gasteiger partial charge >= 0.3 is 0 Å². The highest BCUT2D eigenvalue weighted by molar-refractivity contribution is 7.99. The zero-order valence-electron chi connectivity index (χ0n) is 13.9. The van der Waals surface area contributed by atoms with Gasteiger partial charge in [-0.15, -0.1) is 11.8 Å². The first-order valence-corrected chi connectivity index (χ1v) is 8.51. The maximum absolute atomic E-state index is 11.9. The molecular weight excluding hydrogens is 312 g/mol. The lowest BCUT2D eigenvalue weighted by atomic mass is 10.2. The van der Waals surface area contributed by atoms with Gasteiger partial charge in [-0.1, -0.05) is 5.16 Å². The van der Waals surface area contributed by atoms with Crippen LogP contribution in [0.5, 0.6) is 0 Å². The van der Waals surface area contributed by atoms with Crippen molar-refractivity contribution in [1.82, 2.24) is 15.5 Å². The molecule has 0 bridgehead atoms. The molecule has 0 aliphatic heterocycles. The molecule has 7 heteroatoms. The Kier molecular flexibility index (Phi) is 6.04. The van der Waals surface area contributed by atoms with Gasteiger partial charge < -0.3 is 14.7 Å². The minimum absolute atomic E-state index is 0.0185. The molecule has 0 radical (unpaired) electrons. The fraction of sp³-hybridized carbons (Fsp3) is 0.438. The van der Waals surface area contributed by atoms with Gasteiger partial charge in [0.25, 0.3) is 0 Å². The van der Waals surface area contributed by atoms with Crippen molar-refractivity contribution in [2.24, 2.45) is 0 Å². The van der Waals surface area contributed by atoms with Crippen molar-refractivity contribution in [3.63, 3.8) is 0 Å². The fourth-order valence-corrected chi connectivity index (χ4v) is 3.03. The van der Waals surface area contributed by atoms with E-state index in [1.807, 2.05) is 45.0 Å². The third-order valence-electron chi connectivity index (χ3n) is 3.42. The van der Waals surface area contributed by atoms with Crippen LogP contribution in [0, 0.1) is 13.8 Å². The monoisotopic (exact) mass is 334 g/mol. The maximum atomic E-state index is 11.9. The lowest BCUT2D eigenvalue weighted by molar-refractivity contribution is -0.118. The van der Waals surface area contributed by atoms with Crippen molar-refractivity contribution >= 4 is 23.5 Å². The van der Waals surface area contributed by atoms with E-state index in [4.69, 9.17) is 4.52 Å². The summed E-state index contributed by atoms with van der Waals surface area (Å²) < 4.78 is 5.11. The number of hydrogen-bond acceptors (Lipinski definition) is 6. The first kappa shape index (κ1) is 17.3. The zero-order chi connectivity index (χ0) is 16.8. The first-order valence-electron chi connectivity index (χ1n) is 7.36. The van der Waals surface area contributed by atoms with Crippen molar-refractivity contribution in [2.75, 3.05) is 24.7 Å². The maximum Gasteiger partial charge on any atom is 0.230 e. The molecule has 0 saturated heterocycles. The molecule has 2 aromatic rings. The van der Waals surface area contributed by atoms with Gasteiger partial charge in [0.2, 0.25) is 5.91 Å². The molecule has 6 nitrogen and oxygen atoms in total. The predicted octanol–water partition coefficient (Wildman–Crippen LogP) is 2.30. The van der Waals surface area contributed by atoms with Gasteiger partial charge in [0, 0.05) is 38.2 Å². The first-order chi connectivity index (χ1) is 11.0. The molecule has 0 atom stereocenters. The summed E-state index contributed by atoms with van der Waals surface area (Å²) in [6.07, 6.45) is 1.75. The zero-order valence-corrected chi connectivity index (χ0v) is 14.7. The van der Waals surface area contributed by atoms with Crippen LogP contribution < -0.4 is 10.2 Å². The summed E-state index contributed by atoms with van der Waals surface area (Å²) in [7, 11) is 3.88. The van der Waals surface area contributed by atoms with Crippen molar-refractivity contribution in [1.29, 1.82) is 0 Å². The number of pyridine rings is 1. The van der Waals surface area contributed by atoms with E-state index >= 15 is 0 Å². The van der Waals surface area contributed by atoms with Crippen LogP contribution in [0.15, 0.2) is 22.9 Å². The number of nitrogens with one attached hydrogen (secondary N) is 1. The summed E-state index contributed by atoms with van der Waals surface area (Å²) in [6, 6.07) is 3.88. The standard InChI is InChI=1S/C16H22N4O2S/c1-11-14(12(2)22-19-11)9-23-10-16(21)18-8-13-5-6-17-15(7-13)20(3)4/h5-7H,8-10H2,1-4H3,(H,18,21). The Morgan fingerprint density at radius 1 is 1.39 bits per heavy atom. The Hall–Kier alpha value is -2.02. The summed E-state index contributed by atoms with van der Waals surface area (Å²) in [5.41, 5.74) is 3.00. The van der Waals surface area contributed by atoms with Crippen LogP contribution in [0.1, 0.15) is 22.6 Å². The largest absolute Gasteiger partial charge is 0.363 e. The number of carbonyl (C=O) groups excluding carboxylic acids is 1. The van der Waals surface area contributed by atoms with Crippen LogP contribution in [0.4, 0.5) is 5.82 Å². The number of amides is 1. The molecule has 1 amide bonds. The number of nitrogens with zero attached hydrogens (tertiary/aromatic N) is 3. The van der Waals surface area contributed by atoms with E-state index in [1.165, 1.54) is 0 Å². The van der Waals surface area contributed by atoms with E-state index in [0.29, 0.717) is 12.3 Å². The van der Waals surface area contributed by atoms with Crippen LogP contribution in [0.25, 0.3) is 0 Å². The fourth-order valence-electron chi connectivity index (χ4n) is 2.02. The van der Waals surface area contributed by atoms with Crippen molar-refractivity contribution in [3.8, 4) is 0 Å². The molecule has 2 heterocycles. The molecule has 0 fully saturated rings.